The summed E-state index contributed by atoms with van der Waals surface area (Å²) in [4.78, 5) is 22.7. The van der Waals surface area contributed by atoms with E-state index < -0.39 is 0 Å². The molecule has 1 atom stereocenters. The van der Waals surface area contributed by atoms with Gasteiger partial charge < -0.3 is 9.53 Å². The van der Waals surface area contributed by atoms with E-state index in [9.17, 15) is 9.59 Å². The maximum absolute atomic E-state index is 11.5. The van der Waals surface area contributed by atoms with Crippen molar-refractivity contribution in [3.63, 3.8) is 0 Å². The molecule has 0 fully saturated rings. The summed E-state index contributed by atoms with van der Waals surface area (Å²) in [5, 5.41) is 0. The van der Waals surface area contributed by atoms with Crippen LogP contribution in [-0.4, -0.2) is 18.9 Å². The molecule has 0 aliphatic rings. The third kappa shape index (κ3) is 3.84. The van der Waals surface area contributed by atoms with Crippen LogP contribution in [0, 0.1) is 0 Å². The molecule has 0 unspecified atom stereocenters. The Morgan fingerprint density at radius 3 is 2.72 bits per heavy atom. The van der Waals surface area contributed by atoms with Gasteiger partial charge >= 0.3 is 5.97 Å². The highest BCUT2D eigenvalue weighted by Gasteiger charge is 2.14. The van der Waals surface area contributed by atoms with Crippen molar-refractivity contribution in [2.24, 2.45) is 0 Å². The van der Waals surface area contributed by atoms with E-state index in [2.05, 4.69) is 11.3 Å². The Bertz CT molecular complexity index is 449. The molecular weight excluding hydrogens is 228 g/mol. The summed E-state index contributed by atoms with van der Waals surface area (Å²) in [7, 11) is 1.35. The van der Waals surface area contributed by atoms with E-state index in [0.717, 1.165) is 5.56 Å². The number of carbonyl (C=O) groups is 2. The first-order valence-corrected chi connectivity index (χ1v) is 5.87. The monoisotopic (exact) mass is 246 g/mol. The fourth-order valence-corrected chi connectivity index (χ4v) is 1.92. The third-order valence-corrected chi connectivity index (χ3v) is 2.76. The number of esters is 1. The molecule has 0 bridgehead atoms. The lowest BCUT2D eigenvalue weighted by atomic mass is 9.90. The number of allylic oxidation sites excluding steroid dienone is 1. The molecule has 1 aromatic carbocycles. The zero-order chi connectivity index (χ0) is 13.5. The van der Waals surface area contributed by atoms with E-state index in [1.165, 1.54) is 7.11 Å². The zero-order valence-electron chi connectivity index (χ0n) is 10.8. The van der Waals surface area contributed by atoms with E-state index in [0.29, 0.717) is 18.4 Å². The summed E-state index contributed by atoms with van der Waals surface area (Å²) in [6, 6.07) is 7.21. The summed E-state index contributed by atoms with van der Waals surface area (Å²) < 4.78 is 4.69. The number of rotatable bonds is 6. The molecule has 0 aliphatic carbocycles. The average molecular weight is 246 g/mol. The van der Waals surface area contributed by atoms with E-state index >= 15 is 0 Å². The topological polar surface area (TPSA) is 43.4 Å². The van der Waals surface area contributed by atoms with E-state index in [1.54, 1.807) is 31.2 Å². The van der Waals surface area contributed by atoms with Gasteiger partial charge in [-0.1, -0.05) is 18.2 Å². The number of ketones is 1. The van der Waals surface area contributed by atoms with Gasteiger partial charge in [0.15, 0.2) is 0 Å². The molecule has 0 spiro atoms. The fraction of sp³-hybridized carbons (Fsp3) is 0.333. The second-order valence-electron chi connectivity index (χ2n) is 4.24. The molecular formula is C15H18O3. The quantitative estimate of drug-likeness (QED) is 0.572. The number of hydrogen-bond acceptors (Lipinski definition) is 3. The Hall–Kier alpha value is -1.90. The van der Waals surface area contributed by atoms with Crippen molar-refractivity contribution in [3.8, 4) is 0 Å². The molecule has 0 amide bonds. The number of carbonyl (C=O) groups excluding carboxylic acids is 2. The molecule has 3 heteroatoms. The Morgan fingerprint density at radius 2 is 2.17 bits per heavy atom. The predicted molar refractivity (Wildman–Crippen MR) is 70.6 cm³/mol. The molecule has 1 rings (SSSR count). The first-order valence-electron chi connectivity index (χ1n) is 5.87. The normalized spacial score (nSPS) is 11.7. The van der Waals surface area contributed by atoms with Crippen LogP contribution in [0.3, 0.4) is 0 Å². The molecule has 0 radical (unpaired) electrons. The van der Waals surface area contributed by atoms with Crippen LogP contribution in [0.4, 0.5) is 0 Å². The van der Waals surface area contributed by atoms with E-state index in [1.807, 2.05) is 6.07 Å². The third-order valence-electron chi connectivity index (χ3n) is 2.76. The highest BCUT2D eigenvalue weighted by Crippen LogP contribution is 2.25. The minimum Gasteiger partial charge on any atom is -0.465 e. The van der Waals surface area contributed by atoms with Crippen LogP contribution in [0.15, 0.2) is 36.9 Å². The van der Waals surface area contributed by atoms with Gasteiger partial charge in [-0.2, -0.15) is 0 Å². The SMILES string of the molecule is C=CC[C@@H](CC(C)=O)c1cccc(C(=O)OC)c1. The van der Waals surface area contributed by atoms with Gasteiger partial charge in [0.1, 0.15) is 5.78 Å². The highest BCUT2D eigenvalue weighted by molar-refractivity contribution is 5.89. The highest BCUT2D eigenvalue weighted by atomic mass is 16.5. The zero-order valence-corrected chi connectivity index (χ0v) is 10.8. The Morgan fingerprint density at radius 1 is 1.44 bits per heavy atom. The Labute approximate surface area is 107 Å². The maximum Gasteiger partial charge on any atom is 0.337 e. The number of Topliss-reactive ketones (excluding diaryl/α,β-unsaturated/α-hetero) is 1. The fourth-order valence-electron chi connectivity index (χ4n) is 1.92. The van der Waals surface area contributed by atoms with Gasteiger partial charge in [0.25, 0.3) is 0 Å². The minimum atomic E-state index is -0.364. The number of hydrogen-bond donors (Lipinski definition) is 0. The molecule has 0 aromatic heterocycles. The second kappa shape index (κ2) is 6.74. The van der Waals surface area contributed by atoms with E-state index in [4.69, 9.17) is 0 Å². The van der Waals surface area contributed by atoms with Crippen molar-refractivity contribution in [1.82, 2.24) is 0 Å². The first kappa shape index (κ1) is 14.2. The maximum atomic E-state index is 11.5. The van der Waals surface area contributed by atoms with Gasteiger partial charge in [-0.05, 0) is 37.0 Å². The summed E-state index contributed by atoms with van der Waals surface area (Å²) in [6.07, 6.45) is 2.96. The summed E-state index contributed by atoms with van der Waals surface area (Å²) in [5.74, 6) is -0.160. The first-order chi connectivity index (χ1) is 8.58. The van der Waals surface area contributed by atoms with Crippen molar-refractivity contribution in [2.45, 2.75) is 25.7 Å². The van der Waals surface area contributed by atoms with Crippen LogP contribution in [0.2, 0.25) is 0 Å². The number of methoxy groups -OCH3 is 1. The molecule has 96 valence electrons. The summed E-state index contributed by atoms with van der Waals surface area (Å²) in [6.45, 7) is 5.27. The van der Waals surface area contributed by atoms with Crippen molar-refractivity contribution in [1.29, 1.82) is 0 Å². The molecule has 18 heavy (non-hydrogen) atoms. The standard InChI is InChI=1S/C15H18O3/c1-4-6-12(9-11(2)16)13-7-5-8-14(10-13)15(17)18-3/h4-5,7-8,10,12H,1,6,9H2,2-3H3/t12-/m0/s1. The lowest BCUT2D eigenvalue weighted by molar-refractivity contribution is -0.117. The smallest absolute Gasteiger partial charge is 0.337 e. The Balaban J connectivity index is 3.00. The van der Waals surface area contributed by atoms with Crippen molar-refractivity contribution < 1.29 is 14.3 Å². The van der Waals surface area contributed by atoms with Gasteiger partial charge in [0.05, 0.1) is 12.7 Å². The van der Waals surface area contributed by atoms with Crippen LogP contribution in [0.5, 0.6) is 0 Å². The van der Waals surface area contributed by atoms with Crippen LogP contribution < -0.4 is 0 Å². The summed E-state index contributed by atoms with van der Waals surface area (Å²) in [5.41, 5.74) is 1.47. The lowest BCUT2D eigenvalue weighted by Crippen LogP contribution is -2.06. The van der Waals surface area contributed by atoms with Crippen molar-refractivity contribution >= 4 is 11.8 Å². The molecule has 1 aromatic rings. The molecule has 0 heterocycles. The van der Waals surface area contributed by atoms with Gasteiger partial charge in [-0.3, -0.25) is 0 Å². The predicted octanol–water partition coefficient (Wildman–Crippen LogP) is 3.11. The number of ether oxygens (including phenoxy) is 1. The number of benzene rings is 1. The van der Waals surface area contributed by atoms with Crippen molar-refractivity contribution in [3.05, 3.63) is 48.0 Å². The molecule has 3 nitrogen and oxygen atoms in total. The van der Waals surface area contributed by atoms with Gasteiger partial charge in [-0.15, -0.1) is 6.58 Å². The molecule has 0 N–H and O–H groups in total. The summed E-state index contributed by atoms with van der Waals surface area (Å²) >= 11 is 0. The van der Waals surface area contributed by atoms with Crippen LogP contribution in [-0.2, 0) is 9.53 Å². The average Bonchev–Trinajstić information content (AvgIpc) is 2.37. The van der Waals surface area contributed by atoms with Crippen molar-refractivity contribution in [2.75, 3.05) is 7.11 Å². The lowest BCUT2D eigenvalue weighted by Gasteiger charge is -2.14. The largest absolute Gasteiger partial charge is 0.465 e. The van der Waals surface area contributed by atoms with Gasteiger partial charge in [0.2, 0.25) is 0 Å². The molecule has 0 aliphatic heterocycles. The second-order valence-corrected chi connectivity index (χ2v) is 4.24. The van der Waals surface area contributed by atoms with Gasteiger partial charge in [0, 0.05) is 6.42 Å². The van der Waals surface area contributed by atoms with Crippen LogP contribution in [0.25, 0.3) is 0 Å². The molecule has 0 saturated carbocycles. The Kier molecular flexibility index (Phi) is 5.31. The van der Waals surface area contributed by atoms with Gasteiger partial charge in [-0.25, -0.2) is 4.79 Å². The van der Waals surface area contributed by atoms with Crippen LogP contribution >= 0.6 is 0 Å². The molecule has 0 saturated heterocycles. The van der Waals surface area contributed by atoms with Crippen LogP contribution in [0.1, 0.15) is 41.6 Å². The minimum absolute atomic E-state index is 0.0737. The van der Waals surface area contributed by atoms with E-state index in [-0.39, 0.29) is 17.7 Å².